The van der Waals surface area contributed by atoms with Gasteiger partial charge in [-0.25, -0.2) is 0 Å². The van der Waals surface area contributed by atoms with Gasteiger partial charge in [-0.3, -0.25) is 4.79 Å². The molecule has 6 heteroatoms. The van der Waals surface area contributed by atoms with E-state index in [0.29, 0.717) is 23.8 Å². The maximum Gasteiger partial charge on any atom is 0.267 e. The molecule has 1 aliphatic heterocycles. The molecule has 2 N–H and O–H groups in total. The number of fused-ring (bicyclic) bond motifs is 1. The molecule has 0 spiro atoms. The number of carbonyl (C=O) groups excluding carboxylic acids is 1. The summed E-state index contributed by atoms with van der Waals surface area (Å²) in [5, 5.41) is 15.1. The van der Waals surface area contributed by atoms with Crippen LogP contribution in [0.1, 0.15) is 49.0 Å². The number of amides is 1. The smallest absolute Gasteiger partial charge is 0.267 e. The van der Waals surface area contributed by atoms with E-state index in [1.165, 1.54) is 32.1 Å². The Hall–Kier alpha value is -1.56. The lowest BCUT2D eigenvalue weighted by Crippen LogP contribution is -2.53. The van der Waals surface area contributed by atoms with Gasteiger partial charge in [0.1, 0.15) is 11.3 Å². The van der Waals surface area contributed by atoms with Crippen molar-refractivity contribution in [1.82, 2.24) is 9.88 Å². The first-order chi connectivity index (χ1) is 13.1. The average molecular weight is 391 g/mol. The van der Waals surface area contributed by atoms with E-state index in [2.05, 4.69) is 5.32 Å². The van der Waals surface area contributed by atoms with Crippen molar-refractivity contribution in [2.24, 2.45) is 5.92 Å². The number of nitrogens with zero attached hydrogens (tertiary/aromatic N) is 1. The van der Waals surface area contributed by atoms with Crippen molar-refractivity contribution < 1.29 is 14.6 Å². The standard InChI is InChI=1S/C21H27ClN2O3/c22-17-7-4-8-18-16(17)11-19(24(18)12-21(26)13-27-14-21)20(25)23-10-9-15-5-2-1-3-6-15/h4,7-8,11,15,26H,1-3,5-6,9-10,12-14H2,(H,23,25). The Morgan fingerprint density at radius 2 is 2.07 bits per heavy atom. The van der Waals surface area contributed by atoms with Crippen LogP contribution in [0.25, 0.3) is 10.9 Å². The summed E-state index contributed by atoms with van der Waals surface area (Å²) in [6, 6.07) is 7.45. The number of carbonyl (C=O) groups is 1. The van der Waals surface area contributed by atoms with Gasteiger partial charge in [0.15, 0.2) is 0 Å². The molecule has 1 amide bonds. The zero-order chi connectivity index (χ0) is 18.9. The SMILES string of the molecule is O=C(NCCC1CCCCC1)c1cc2c(Cl)cccc2n1CC1(O)COC1. The monoisotopic (exact) mass is 390 g/mol. The van der Waals surface area contributed by atoms with E-state index < -0.39 is 5.60 Å². The number of hydrogen-bond acceptors (Lipinski definition) is 3. The molecule has 146 valence electrons. The molecule has 2 fully saturated rings. The molecule has 2 heterocycles. The number of nitrogens with one attached hydrogen (secondary N) is 1. The number of halogens is 1. The minimum absolute atomic E-state index is 0.109. The molecule has 1 saturated carbocycles. The van der Waals surface area contributed by atoms with Crippen LogP contribution >= 0.6 is 11.6 Å². The number of ether oxygens (including phenoxy) is 1. The lowest BCUT2D eigenvalue weighted by molar-refractivity contribution is -0.184. The van der Waals surface area contributed by atoms with E-state index in [0.717, 1.165) is 23.2 Å². The Morgan fingerprint density at radius 3 is 2.78 bits per heavy atom. The first kappa shape index (κ1) is 18.8. The fourth-order valence-corrected chi connectivity index (χ4v) is 4.51. The highest BCUT2D eigenvalue weighted by Crippen LogP contribution is 2.30. The van der Waals surface area contributed by atoms with Crippen molar-refractivity contribution in [3.05, 3.63) is 35.0 Å². The van der Waals surface area contributed by atoms with Gasteiger partial charge in [-0.15, -0.1) is 0 Å². The van der Waals surface area contributed by atoms with E-state index >= 15 is 0 Å². The second-order valence-electron chi connectivity index (χ2n) is 8.05. The largest absolute Gasteiger partial charge is 0.383 e. The van der Waals surface area contributed by atoms with Gasteiger partial charge in [0.25, 0.3) is 5.91 Å². The summed E-state index contributed by atoms with van der Waals surface area (Å²) in [5.74, 6) is 0.620. The summed E-state index contributed by atoms with van der Waals surface area (Å²) in [6.45, 7) is 1.58. The molecule has 2 aliphatic rings. The van der Waals surface area contributed by atoms with Crippen LogP contribution < -0.4 is 5.32 Å². The van der Waals surface area contributed by atoms with E-state index in [1.54, 1.807) is 0 Å². The molecule has 1 aromatic heterocycles. The van der Waals surface area contributed by atoms with Crippen molar-refractivity contribution in [1.29, 1.82) is 0 Å². The molecule has 1 saturated heterocycles. The van der Waals surface area contributed by atoms with Crippen LogP contribution in [0.3, 0.4) is 0 Å². The van der Waals surface area contributed by atoms with Crippen molar-refractivity contribution in [2.75, 3.05) is 19.8 Å². The molecular formula is C21H27ClN2O3. The summed E-state index contributed by atoms with van der Waals surface area (Å²) in [6.07, 6.45) is 7.55. The van der Waals surface area contributed by atoms with Crippen LogP contribution in [0.5, 0.6) is 0 Å². The Balaban J connectivity index is 1.52. The van der Waals surface area contributed by atoms with Crippen molar-refractivity contribution in [2.45, 2.75) is 50.7 Å². The van der Waals surface area contributed by atoms with Gasteiger partial charge in [-0.05, 0) is 30.5 Å². The number of hydrogen-bond donors (Lipinski definition) is 2. The molecule has 4 rings (SSSR count). The number of benzene rings is 1. The number of aromatic nitrogens is 1. The van der Waals surface area contributed by atoms with Gasteiger partial charge >= 0.3 is 0 Å². The van der Waals surface area contributed by atoms with E-state index in [1.807, 2.05) is 28.8 Å². The average Bonchev–Trinajstić information content (AvgIpc) is 3.01. The van der Waals surface area contributed by atoms with Gasteiger partial charge in [0.2, 0.25) is 0 Å². The summed E-state index contributed by atoms with van der Waals surface area (Å²) in [4.78, 5) is 12.9. The molecule has 0 unspecified atom stereocenters. The third-order valence-corrected chi connectivity index (χ3v) is 6.21. The van der Waals surface area contributed by atoms with Gasteiger partial charge < -0.3 is 19.7 Å². The highest BCUT2D eigenvalue weighted by atomic mass is 35.5. The Kier molecular flexibility index (Phi) is 5.44. The Bertz CT molecular complexity index is 822. The summed E-state index contributed by atoms with van der Waals surface area (Å²) in [7, 11) is 0. The topological polar surface area (TPSA) is 63.5 Å². The van der Waals surface area contributed by atoms with Crippen LogP contribution in [0, 0.1) is 5.92 Å². The Morgan fingerprint density at radius 1 is 1.30 bits per heavy atom. The minimum Gasteiger partial charge on any atom is -0.383 e. The van der Waals surface area contributed by atoms with E-state index in [9.17, 15) is 9.90 Å². The minimum atomic E-state index is -0.925. The van der Waals surface area contributed by atoms with Crippen LogP contribution in [0.2, 0.25) is 5.02 Å². The lowest BCUT2D eigenvalue weighted by Gasteiger charge is -2.37. The summed E-state index contributed by atoms with van der Waals surface area (Å²) >= 11 is 6.34. The normalized spacial score (nSPS) is 19.8. The molecular weight excluding hydrogens is 364 g/mol. The predicted octanol–water partition coefficient (Wildman–Crippen LogP) is 3.76. The van der Waals surface area contributed by atoms with E-state index in [-0.39, 0.29) is 19.1 Å². The molecule has 0 radical (unpaired) electrons. The maximum absolute atomic E-state index is 12.9. The fraction of sp³-hybridized carbons (Fsp3) is 0.571. The highest BCUT2D eigenvalue weighted by molar-refractivity contribution is 6.35. The first-order valence-corrected chi connectivity index (χ1v) is 10.3. The maximum atomic E-state index is 12.9. The third kappa shape index (κ3) is 4.00. The fourth-order valence-electron chi connectivity index (χ4n) is 4.29. The third-order valence-electron chi connectivity index (χ3n) is 5.88. The zero-order valence-electron chi connectivity index (χ0n) is 15.5. The molecule has 2 aromatic rings. The summed E-state index contributed by atoms with van der Waals surface area (Å²) in [5.41, 5.74) is 0.480. The Labute approximate surface area is 164 Å². The van der Waals surface area contributed by atoms with Crippen molar-refractivity contribution in [3.63, 3.8) is 0 Å². The zero-order valence-corrected chi connectivity index (χ0v) is 16.3. The molecule has 0 atom stereocenters. The summed E-state index contributed by atoms with van der Waals surface area (Å²) < 4.78 is 7.04. The molecule has 5 nitrogen and oxygen atoms in total. The van der Waals surface area contributed by atoms with Crippen molar-refractivity contribution in [3.8, 4) is 0 Å². The van der Waals surface area contributed by atoms with Crippen molar-refractivity contribution >= 4 is 28.4 Å². The molecule has 1 aromatic carbocycles. The predicted molar refractivity (Wildman–Crippen MR) is 106 cm³/mol. The molecule has 0 bridgehead atoms. The van der Waals surface area contributed by atoms with Gasteiger partial charge in [0.05, 0.1) is 25.3 Å². The lowest BCUT2D eigenvalue weighted by atomic mass is 9.87. The van der Waals surface area contributed by atoms with E-state index in [4.69, 9.17) is 16.3 Å². The van der Waals surface area contributed by atoms with Crippen LogP contribution in [-0.4, -0.2) is 40.9 Å². The molecule has 1 aliphatic carbocycles. The van der Waals surface area contributed by atoms with Gasteiger partial charge in [0, 0.05) is 17.0 Å². The quantitative estimate of drug-likeness (QED) is 0.789. The second kappa shape index (κ2) is 7.82. The van der Waals surface area contributed by atoms with Gasteiger partial charge in [-0.2, -0.15) is 0 Å². The number of rotatable bonds is 6. The second-order valence-corrected chi connectivity index (χ2v) is 8.46. The number of aliphatic hydroxyl groups is 1. The highest BCUT2D eigenvalue weighted by Gasteiger charge is 2.37. The first-order valence-electron chi connectivity index (χ1n) is 9.92. The van der Waals surface area contributed by atoms with Crippen LogP contribution in [-0.2, 0) is 11.3 Å². The molecule has 27 heavy (non-hydrogen) atoms. The van der Waals surface area contributed by atoms with Gasteiger partial charge in [-0.1, -0.05) is 49.8 Å². The van der Waals surface area contributed by atoms with Crippen LogP contribution in [0.4, 0.5) is 0 Å². The van der Waals surface area contributed by atoms with Crippen LogP contribution in [0.15, 0.2) is 24.3 Å².